The number of carbonyl (C=O) groups excluding carboxylic acids is 1. The maximum Gasteiger partial charge on any atom is 0.266 e. The van der Waals surface area contributed by atoms with Crippen LogP contribution in [-0.2, 0) is 4.79 Å². The lowest BCUT2D eigenvalue weighted by Gasteiger charge is -2.17. The molecule has 0 spiro atoms. The Bertz CT molecular complexity index is 777. The minimum Gasteiger partial charge on any atom is -0.479 e. The number of amides is 1. The van der Waals surface area contributed by atoms with E-state index in [-0.39, 0.29) is 24.9 Å². The highest BCUT2D eigenvalue weighted by atomic mass is 35.5. The van der Waals surface area contributed by atoms with E-state index in [1.807, 2.05) is 48.7 Å². The fourth-order valence-electron chi connectivity index (χ4n) is 2.25. The van der Waals surface area contributed by atoms with Crippen molar-refractivity contribution >= 4 is 24.0 Å². The van der Waals surface area contributed by atoms with Crippen LogP contribution in [0.1, 0.15) is 0 Å². The number of benzene rings is 2. The van der Waals surface area contributed by atoms with Gasteiger partial charge < -0.3 is 15.8 Å². The van der Waals surface area contributed by atoms with E-state index in [0.29, 0.717) is 11.4 Å². The summed E-state index contributed by atoms with van der Waals surface area (Å²) in [5.74, 6) is 0.329. The van der Waals surface area contributed by atoms with Crippen molar-refractivity contribution in [3.05, 3.63) is 67.0 Å². The molecule has 1 amide bonds. The fourth-order valence-corrected chi connectivity index (χ4v) is 2.25. The van der Waals surface area contributed by atoms with Gasteiger partial charge in [-0.05, 0) is 29.8 Å². The number of aromatic amines is 1. The van der Waals surface area contributed by atoms with Gasteiger partial charge in [0.2, 0.25) is 0 Å². The second kappa shape index (κ2) is 8.86. The predicted octanol–water partition coefficient (Wildman–Crippen LogP) is 2.84. The lowest BCUT2D eigenvalue weighted by Crippen LogP contribution is -2.39. The van der Waals surface area contributed by atoms with Crippen molar-refractivity contribution in [2.45, 2.75) is 6.10 Å². The van der Waals surface area contributed by atoms with Gasteiger partial charge in [-0.3, -0.25) is 9.89 Å². The van der Waals surface area contributed by atoms with Crippen molar-refractivity contribution in [2.75, 3.05) is 11.9 Å². The number of para-hydroxylation sites is 1. The first-order chi connectivity index (χ1) is 11.8. The van der Waals surface area contributed by atoms with Crippen LogP contribution in [0.3, 0.4) is 0 Å². The summed E-state index contributed by atoms with van der Waals surface area (Å²) in [6.07, 6.45) is 2.80. The fraction of sp³-hybridized carbons (Fsp3) is 0.111. The molecular weight excluding hydrogens is 340 g/mol. The van der Waals surface area contributed by atoms with E-state index in [2.05, 4.69) is 15.5 Å². The topological polar surface area (TPSA) is 93.0 Å². The Kier molecular flexibility index (Phi) is 6.56. The van der Waals surface area contributed by atoms with Gasteiger partial charge in [0.25, 0.3) is 5.91 Å². The van der Waals surface area contributed by atoms with Gasteiger partial charge in [0.15, 0.2) is 6.10 Å². The van der Waals surface area contributed by atoms with Crippen LogP contribution in [-0.4, -0.2) is 28.8 Å². The van der Waals surface area contributed by atoms with Crippen LogP contribution in [0.4, 0.5) is 5.69 Å². The number of nitrogens with zero attached hydrogens (tertiary/aromatic N) is 1. The summed E-state index contributed by atoms with van der Waals surface area (Å²) in [7, 11) is 0. The molecule has 3 aromatic rings. The Morgan fingerprint density at radius 3 is 2.44 bits per heavy atom. The van der Waals surface area contributed by atoms with Crippen LogP contribution in [0.25, 0.3) is 11.1 Å². The van der Waals surface area contributed by atoms with E-state index in [1.54, 1.807) is 18.3 Å². The van der Waals surface area contributed by atoms with E-state index >= 15 is 0 Å². The van der Waals surface area contributed by atoms with Crippen molar-refractivity contribution in [3.8, 4) is 16.9 Å². The van der Waals surface area contributed by atoms with Crippen molar-refractivity contribution in [2.24, 2.45) is 5.73 Å². The Labute approximate surface area is 151 Å². The highest BCUT2D eigenvalue weighted by Gasteiger charge is 2.18. The number of rotatable bonds is 6. The molecule has 1 atom stereocenters. The first kappa shape index (κ1) is 18.5. The molecule has 0 aliphatic rings. The van der Waals surface area contributed by atoms with E-state index in [9.17, 15) is 4.79 Å². The largest absolute Gasteiger partial charge is 0.479 e. The number of H-pyrrole nitrogens is 1. The van der Waals surface area contributed by atoms with Crippen LogP contribution in [0, 0.1) is 0 Å². The molecule has 2 aromatic carbocycles. The number of aromatic nitrogens is 2. The van der Waals surface area contributed by atoms with Gasteiger partial charge in [-0.1, -0.05) is 30.3 Å². The molecule has 3 rings (SSSR count). The van der Waals surface area contributed by atoms with Crippen molar-refractivity contribution in [1.29, 1.82) is 0 Å². The van der Waals surface area contributed by atoms with E-state index in [4.69, 9.17) is 10.5 Å². The highest BCUT2D eigenvalue weighted by molar-refractivity contribution is 5.94. The van der Waals surface area contributed by atoms with Crippen LogP contribution >= 0.6 is 12.4 Å². The second-order valence-electron chi connectivity index (χ2n) is 5.21. The van der Waals surface area contributed by atoms with Gasteiger partial charge in [-0.25, -0.2) is 0 Å². The first-order valence-electron chi connectivity index (χ1n) is 7.58. The first-order valence-corrected chi connectivity index (χ1v) is 7.58. The molecule has 6 nitrogen and oxygen atoms in total. The number of nitrogens with one attached hydrogen (secondary N) is 2. The van der Waals surface area contributed by atoms with E-state index in [0.717, 1.165) is 11.1 Å². The van der Waals surface area contributed by atoms with Gasteiger partial charge in [0.1, 0.15) is 5.75 Å². The number of halogens is 1. The number of anilines is 1. The smallest absolute Gasteiger partial charge is 0.266 e. The quantitative estimate of drug-likeness (QED) is 0.631. The van der Waals surface area contributed by atoms with Gasteiger partial charge >= 0.3 is 0 Å². The van der Waals surface area contributed by atoms with Gasteiger partial charge in [0, 0.05) is 24.0 Å². The summed E-state index contributed by atoms with van der Waals surface area (Å²) >= 11 is 0. The molecule has 0 aliphatic heterocycles. The summed E-state index contributed by atoms with van der Waals surface area (Å²) in [6.45, 7) is 0.0911. The molecule has 0 saturated carbocycles. The van der Waals surface area contributed by atoms with Crippen LogP contribution in [0.15, 0.2) is 67.0 Å². The molecule has 1 aromatic heterocycles. The average Bonchev–Trinajstić information content (AvgIpc) is 3.16. The molecule has 0 bridgehead atoms. The van der Waals surface area contributed by atoms with Crippen LogP contribution < -0.4 is 15.8 Å². The molecule has 1 heterocycles. The van der Waals surface area contributed by atoms with Gasteiger partial charge in [-0.15, -0.1) is 12.4 Å². The molecule has 0 saturated heterocycles. The lowest BCUT2D eigenvalue weighted by molar-refractivity contribution is -0.122. The minimum atomic E-state index is -0.749. The zero-order valence-electron chi connectivity index (χ0n) is 13.4. The summed E-state index contributed by atoms with van der Waals surface area (Å²) < 4.78 is 5.63. The lowest BCUT2D eigenvalue weighted by atomic mass is 10.1. The zero-order chi connectivity index (χ0) is 16.8. The van der Waals surface area contributed by atoms with Crippen LogP contribution in [0.2, 0.25) is 0 Å². The summed E-state index contributed by atoms with van der Waals surface area (Å²) in [5, 5.41) is 9.51. The van der Waals surface area contributed by atoms with Crippen molar-refractivity contribution < 1.29 is 9.53 Å². The highest BCUT2D eigenvalue weighted by Crippen LogP contribution is 2.20. The second-order valence-corrected chi connectivity index (χ2v) is 5.21. The maximum atomic E-state index is 12.3. The Morgan fingerprint density at radius 2 is 1.84 bits per heavy atom. The Hall–Kier alpha value is -2.83. The molecule has 0 radical (unpaired) electrons. The standard InChI is InChI=1S/C18H18N4O2.ClH/c19-10-17(24-16-4-2-1-3-5-16)18(23)22-15-8-6-13(7-9-15)14-11-20-21-12-14;/h1-9,11-12,17H,10,19H2,(H,20,21)(H,22,23);1H. The number of hydrogen-bond donors (Lipinski definition) is 3. The van der Waals surface area contributed by atoms with E-state index < -0.39 is 6.10 Å². The third-order valence-electron chi connectivity index (χ3n) is 3.51. The van der Waals surface area contributed by atoms with E-state index in [1.165, 1.54) is 0 Å². The minimum absolute atomic E-state index is 0. The number of ether oxygens (including phenoxy) is 1. The molecule has 25 heavy (non-hydrogen) atoms. The van der Waals surface area contributed by atoms with Gasteiger partial charge in [-0.2, -0.15) is 5.10 Å². The monoisotopic (exact) mass is 358 g/mol. The number of nitrogens with two attached hydrogens (primary N) is 1. The maximum absolute atomic E-state index is 12.3. The van der Waals surface area contributed by atoms with Gasteiger partial charge in [0.05, 0.1) is 6.20 Å². The Balaban J connectivity index is 0.00000225. The summed E-state index contributed by atoms with van der Waals surface area (Å²) in [5.41, 5.74) is 8.35. The molecule has 7 heteroatoms. The number of hydrogen-bond acceptors (Lipinski definition) is 4. The molecular formula is C18H19ClN4O2. The van der Waals surface area contributed by atoms with Crippen molar-refractivity contribution in [1.82, 2.24) is 10.2 Å². The summed E-state index contributed by atoms with van der Waals surface area (Å²) in [6, 6.07) is 16.6. The third kappa shape index (κ3) is 4.82. The van der Waals surface area contributed by atoms with Crippen molar-refractivity contribution in [3.63, 3.8) is 0 Å². The molecule has 0 aliphatic carbocycles. The Morgan fingerprint density at radius 1 is 1.12 bits per heavy atom. The zero-order valence-corrected chi connectivity index (χ0v) is 14.2. The predicted molar refractivity (Wildman–Crippen MR) is 99.8 cm³/mol. The molecule has 1 unspecified atom stereocenters. The third-order valence-corrected chi connectivity index (χ3v) is 3.51. The normalized spacial score (nSPS) is 11.2. The van der Waals surface area contributed by atoms with Crippen LogP contribution in [0.5, 0.6) is 5.75 Å². The summed E-state index contributed by atoms with van der Waals surface area (Å²) in [4.78, 5) is 12.3. The molecule has 4 N–H and O–H groups in total. The average molecular weight is 359 g/mol. The molecule has 130 valence electrons. The molecule has 0 fully saturated rings. The number of carbonyl (C=O) groups is 1. The SMILES string of the molecule is Cl.NCC(Oc1ccccc1)C(=O)Nc1ccc(-c2cn[nH]c2)cc1.